The fraction of sp³-hybridized carbons (Fsp3) is 0.516. The quantitative estimate of drug-likeness (QED) is 0.209. The van der Waals surface area contributed by atoms with Gasteiger partial charge in [-0.3, -0.25) is 14.5 Å². The number of nitrogens with zero attached hydrogens (tertiary/aromatic N) is 2. The van der Waals surface area contributed by atoms with Gasteiger partial charge < -0.3 is 43.9 Å². The van der Waals surface area contributed by atoms with Crippen LogP contribution in [-0.4, -0.2) is 111 Å². The molecule has 3 atom stereocenters. The molecule has 0 bridgehead atoms. The molecule has 1 amide bonds. The highest BCUT2D eigenvalue weighted by Gasteiger charge is 2.31. The number of aliphatic carboxylic acids is 1. The summed E-state index contributed by atoms with van der Waals surface area (Å²) in [7, 11) is 6.26. The Bertz CT molecular complexity index is 1360. The smallest absolute Gasteiger partial charge is 0.335 e. The van der Waals surface area contributed by atoms with Crippen molar-refractivity contribution in [3.63, 3.8) is 0 Å². The summed E-state index contributed by atoms with van der Waals surface area (Å²) in [5.41, 5.74) is 4.10. The van der Waals surface area contributed by atoms with Crippen molar-refractivity contribution < 1.29 is 53.4 Å². The minimum Gasteiger partial charge on any atom is -0.841 e. The fourth-order valence-electron chi connectivity index (χ4n) is 5.66. The lowest BCUT2D eigenvalue weighted by Gasteiger charge is -2.36. The lowest BCUT2D eigenvalue weighted by Crippen LogP contribution is -2.50. The molecule has 4 rings (SSSR count). The van der Waals surface area contributed by atoms with E-state index in [1.165, 1.54) is 0 Å². The number of methoxy groups -OCH3 is 4. The standard InChI is InChI=1S/C31H39N2O11/c1-40-23-11-18-6-9-33(27(34)14-19(18)12-24(23)41-2)8-5-7-32(17-44-31(39)29(36)28(35)30(37)38)16-21-10-20-13-25(42-3)26(43-4)15-22(20)21/h11-13,15,21,28-29,36H,5-10,14,16-17H2,1-4H3,(H,37,38)/q-1/t21-,28?,29?/m1/s1. The largest absolute Gasteiger partial charge is 0.841 e. The zero-order chi connectivity index (χ0) is 32.0. The normalized spacial score (nSPS) is 17.0. The maximum atomic E-state index is 13.1. The van der Waals surface area contributed by atoms with Gasteiger partial charge in [-0.1, -0.05) is 0 Å². The number of carboxylic acids is 1. The first-order valence-electron chi connectivity index (χ1n) is 14.3. The molecule has 0 radical (unpaired) electrons. The average Bonchev–Trinajstić information content (AvgIpc) is 3.17. The van der Waals surface area contributed by atoms with Crippen LogP contribution in [0.3, 0.4) is 0 Å². The molecule has 44 heavy (non-hydrogen) atoms. The van der Waals surface area contributed by atoms with E-state index in [0.717, 1.165) is 28.7 Å². The lowest BCUT2D eigenvalue weighted by molar-refractivity contribution is -0.421. The van der Waals surface area contributed by atoms with Crippen LogP contribution in [0.15, 0.2) is 24.3 Å². The summed E-state index contributed by atoms with van der Waals surface area (Å²) in [6.07, 6.45) is -2.68. The second-order valence-corrected chi connectivity index (χ2v) is 10.8. The number of fused-ring (bicyclic) bond motifs is 2. The molecular formula is C31H39N2O11-. The van der Waals surface area contributed by atoms with E-state index >= 15 is 0 Å². The molecule has 0 spiro atoms. The maximum Gasteiger partial charge on any atom is 0.335 e. The van der Waals surface area contributed by atoms with E-state index < -0.39 is 24.1 Å². The molecule has 0 fully saturated rings. The zero-order valence-corrected chi connectivity index (χ0v) is 25.4. The number of hydrogen-bond acceptors (Lipinski definition) is 11. The third-order valence-corrected chi connectivity index (χ3v) is 8.14. The summed E-state index contributed by atoms with van der Waals surface area (Å²) in [6.45, 7) is 1.63. The van der Waals surface area contributed by atoms with E-state index in [9.17, 15) is 24.6 Å². The summed E-state index contributed by atoms with van der Waals surface area (Å²) in [6, 6.07) is 7.60. The number of aliphatic hydroxyl groups excluding tert-OH is 1. The van der Waals surface area contributed by atoms with Crippen LogP contribution in [0, 0.1) is 0 Å². The fourth-order valence-corrected chi connectivity index (χ4v) is 5.66. The lowest BCUT2D eigenvalue weighted by atomic mass is 9.77. The number of rotatable bonds is 15. The number of aliphatic hydroxyl groups is 1. The summed E-state index contributed by atoms with van der Waals surface area (Å²) < 4.78 is 26.8. The van der Waals surface area contributed by atoms with Crippen molar-refractivity contribution in [2.45, 2.75) is 43.8 Å². The first-order valence-corrected chi connectivity index (χ1v) is 14.3. The van der Waals surface area contributed by atoms with Gasteiger partial charge >= 0.3 is 5.97 Å². The molecule has 1 aliphatic heterocycles. The Morgan fingerprint density at radius 3 is 2.18 bits per heavy atom. The first-order chi connectivity index (χ1) is 21.1. The number of esters is 1. The molecule has 0 saturated carbocycles. The molecule has 0 saturated heterocycles. The van der Waals surface area contributed by atoms with Crippen LogP contribution in [0.4, 0.5) is 0 Å². The third-order valence-electron chi connectivity index (χ3n) is 8.14. The molecule has 2 aromatic carbocycles. The molecular weight excluding hydrogens is 576 g/mol. The van der Waals surface area contributed by atoms with E-state index in [-0.39, 0.29) is 25.0 Å². The number of amides is 1. The van der Waals surface area contributed by atoms with Crippen LogP contribution in [0.2, 0.25) is 0 Å². The summed E-state index contributed by atoms with van der Waals surface area (Å²) in [4.78, 5) is 40.0. The van der Waals surface area contributed by atoms with E-state index in [1.807, 2.05) is 29.2 Å². The molecule has 240 valence electrons. The van der Waals surface area contributed by atoms with Crippen LogP contribution in [0.25, 0.3) is 0 Å². The predicted octanol–water partition coefficient (Wildman–Crippen LogP) is 0.355. The topological polar surface area (TPSA) is 167 Å². The van der Waals surface area contributed by atoms with E-state index in [4.69, 9.17) is 28.8 Å². The van der Waals surface area contributed by atoms with Gasteiger partial charge in [-0.15, -0.1) is 0 Å². The van der Waals surface area contributed by atoms with Crippen LogP contribution in [-0.2, 0) is 38.4 Å². The Balaban J connectivity index is 1.41. The van der Waals surface area contributed by atoms with E-state index in [1.54, 1.807) is 33.3 Å². The highest BCUT2D eigenvalue weighted by Crippen LogP contribution is 2.42. The van der Waals surface area contributed by atoms with Gasteiger partial charge in [0.25, 0.3) is 5.97 Å². The van der Waals surface area contributed by atoms with Gasteiger partial charge in [-0.2, -0.15) is 0 Å². The zero-order valence-electron chi connectivity index (χ0n) is 25.4. The molecule has 2 aliphatic rings. The Labute approximate surface area is 255 Å². The van der Waals surface area contributed by atoms with Gasteiger partial charge in [0.15, 0.2) is 23.0 Å². The van der Waals surface area contributed by atoms with Crippen molar-refractivity contribution in [1.82, 2.24) is 9.80 Å². The SMILES string of the molecule is COc1cc2c(cc1OC)CC(=O)N(CCCN(COC(=O)C(O)C([O-])C(=O)O)C[C@H]1Cc3cc(OC)c(OC)cc31)CC2. The minimum atomic E-state index is -2.55. The highest BCUT2D eigenvalue weighted by atomic mass is 16.6. The van der Waals surface area contributed by atoms with Crippen molar-refractivity contribution in [2.24, 2.45) is 0 Å². The number of carboxylic acid groups (broad SMARTS) is 1. The first kappa shape index (κ1) is 32.8. The van der Waals surface area contributed by atoms with E-state index in [0.29, 0.717) is 62.0 Å². The molecule has 1 aliphatic carbocycles. The number of hydrogen-bond donors (Lipinski definition) is 2. The van der Waals surface area contributed by atoms with Crippen molar-refractivity contribution in [2.75, 3.05) is 61.3 Å². The predicted molar refractivity (Wildman–Crippen MR) is 154 cm³/mol. The van der Waals surface area contributed by atoms with Crippen molar-refractivity contribution in [1.29, 1.82) is 0 Å². The number of carbonyl (C=O) groups excluding carboxylic acids is 2. The monoisotopic (exact) mass is 615 g/mol. The molecule has 2 aromatic rings. The maximum absolute atomic E-state index is 13.1. The van der Waals surface area contributed by atoms with Crippen molar-refractivity contribution in [3.05, 3.63) is 46.5 Å². The van der Waals surface area contributed by atoms with Gasteiger partial charge in [0.05, 0.1) is 34.9 Å². The van der Waals surface area contributed by atoms with Crippen molar-refractivity contribution in [3.8, 4) is 23.0 Å². The Morgan fingerprint density at radius 2 is 1.57 bits per heavy atom. The summed E-state index contributed by atoms with van der Waals surface area (Å²) in [5.74, 6) is -0.655. The second-order valence-electron chi connectivity index (χ2n) is 10.8. The Hall–Kier alpha value is -4.07. The Morgan fingerprint density at radius 1 is 0.977 bits per heavy atom. The van der Waals surface area contributed by atoms with Gasteiger partial charge in [-0.25, -0.2) is 4.79 Å². The molecule has 2 unspecified atom stereocenters. The molecule has 1 heterocycles. The Kier molecular flexibility index (Phi) is 10.9. The van der Waals surface area contributed by atoms with Crippen LogP contribution >= 0.6 is 0 Å². The third kappa shape index (κ3) is 7.34. The van der Waals surface area contributed by atoms with Gasteiger partial charge in [0, 0.05) is 38.2 Å². The molecule has 13 nitrogen and oxygen atoms in total. The minimum absolute atomic E-state index is 0.0128. The number of ether oxygens (including phenoxy) is 5. The van der Waals surface area contributed by atoms with Crippen LogP contribution in [0.5, 0.6) is 23.0 Å². The van der Waals surface area contributed by atoms with E-state index in [2.05, 4.69) is 0 Å². The molecule has 2 N–H and O–H groups in total. The average molecular weight is 616 g/mol. The highest BCUT2D eigenvalue weighted by molar-refractivity contribution is 5.84. The van der Waals surface area contributed by atoms with Crippen LogP contribution in [0.1, 0.15) is 34.6 Å². The van der Waals surface area contributed by atoms with Gasteiger partial charge in [-0.05, 0) is 65.8 Å². The van der Waals surface area contributed by atoms with Gasteiger partial charge in [0.2, 0.25) is 5.91 Å². The summed E-state index contributed by atoms with van der Waals surface area (Å²) >= 11 is 0. The number of benzene rings is 2. The molecule has 13 heteroatoms. The number of carbonyl (C=O) groups is 3. The second kappa shape index (κ2) is 14.6. The molecule has 0 aromatic heterocycles. The van der Waals surface area contributed by atoms with Crippen LogP contribution < -0.4 is 24.1 Å². The van der Waals surface area contributed by atoms with Gasteiger partial charge in [0.1, 0.15) is 12.8 Å². The summed E-state index contributed by atoms with van der Waals surface area (Å²) in [5, 5.41) is 30.3. The van der Waals surface area contributed by atoms with Crippen molar-refractivity contribution >= 4 is 17.8 Å².